The Morgan fingerprint density at radius 3 is 2.38 bits per heavy atom. The maximum absolute atomic E-state index is 6.23. The van der Waals surface area contributed by atoms with Crippen molar-refractivity contribution in [2.24, 2.45) is 0 Å². The van der Waals surface area contributed by atoms with E-state index in [1.807, 2.05) is 26.0 Å². The third-order valence-corrected chi connectivity index (χ3v) is 4.70. The minimum absolute atomic E-state index is 0.160. The number of pyridine rings is 1. The second-order valence-electron chi connectivity index (χ2n) is 5.53. The van der Waals surface area contributed by atoms with Gasteiger partial charge in [0.15, 0.2) is 0 Å². The molecule has 2 aromatic rings. The standard InChI is InChI=1S/C17H20BrClN2/c1-9-7-14(18)16(8-15(9)19)21-13(5)17-10(2)6-11(3)20-12(17)4/h6-8,13,21H,1-5H3. The Morgan fingerprint density at radius 1 is 1.10 bits per heavy atom. The van der Waals surface area contributed by atoms with Crippen LogP contribution in [-0.4, -0.2) is 4.98 Å². The van der Waals surface area contributed by atoms with E-state index in [0.29, 0.717) is 0 Å². The SMILES string of the molecule is Cc1cc(C)c(C(C)Nc2cc(Cl)c(C)cc2Br)c(C)n1. The van der Waals surface area contributed by atoms with Crippen LogP contribution in [0.5, 0.6) is 0 Å². The Labute approximate surface area is 140 Å². The number of anilines is 1. The van der Waals surface area contributed by atoms with Gasteiger partial charge in [0.2, 0.25) is 0 Å². The van der Waals surface area contributed by atoms with Crippen molar-refractivity contribution in [3.05, 3.63) is 55.8 Å². The van der Waals surface area contributed by atoms with Gasteiger partial charge in [0.25, 0.3) is 0 Å². The zero-order chi connectivity index (χ0) is 15.7. The highest BCUT2D eigenvalue weighted by Crippen LogP contribution is 2.32. The van der Waals surface area contributed by atoms with Crippen LogP contribution in [0.2, 0.25) is 5.02 Å². The van der Waals surface area contributed by atoms with Gasteiger partial charge in [0.1, 0.15) is 0 Å². The second kappa shape index (κ2) is 6.37. The van der Waals surface area contributed by atoms with Crippen LogP contribution >= 0.6 is 27.5 Å². The number of aromatic nitrogens is 1. The van der Waals surface area contributed by atoms with Crippen LogP contribution in [0.1, 0.15) is 41.0 Å². The Hall–Kier alpha value is -1.06. The highest BCUT2D eigenvalue weighted by atomic mass is 79.9. The molecule has 21 heavy (non-hydrogen) atoms. The van der Waals surface area contributed by atoms with Crippen LogP contribution in [-0.2, 0) is 0 Å². The number of benzene rings is 1. The van der Waals surface area contributed by atoms with Crippen LogP contribution in [0.15, 0.2) is 22.7 Å². The topological polar surface area (TPSA) is 24.9 Å². The minimum atomic E-state index is 0.160. The van der Waals surface area contributed by atoms with E-state index in [1.165, 1.54) is 11.1 Å². The van der Waals surface area contributed by atoms with Gasteiger partial charge in [0.05, 0.1) is 11.7 Å². The lowest BCUT2D eigenvalue weighted by Gasteiger charge is -2.21. The lowest BCUT2D eigenvalue weighted by Crippen LogP contribution is -2.12. The summed E-state index contributed by atoms with van der Waals surface area (Å²) >= 11 is 9.82. The van der Waals surface area contributed by atoms with Gasteiger partial charge in [-0.3, -0.25) is 4.98 Å². The smallest absolute Gasteiger partial charge is 0.0506 e. The molecule has 0 aliphatic carbocycles. The predicted molar refractivity (Wildman–Crippen MR) is 94.4 cm³/mol. The molecule has 112 valence electrons. The van der Waals surface area contributed by atoms with Crippen molar-refractivity contribution < 1.29 is 0 Å². The molecule has 0 saturated carbocycles. The van der Waals surface area contributed by atoms with Gasteiger partial charge < -0.3 is 5.32 Å². The Morgan fingerprint density at radius 2 is 1.76 bits per heavy atom. The molecule has 0 fully saturated rings. The summed E-state index contributed by atoms with van der Waals surface area (Å²) in [5.41, 5.74) is 6.68. The van der Waals surface area contributed by atoms with E-state index >= 15 is 0 Å². The number of rotatable bonds is 3. The minimum Gasteiger partial charge on any atom is -0.377 e. The molecular weight excluding hydrogens is 348 g/mol. The monoisotopic (exact) mass is 366 g/mol. The first-order chi connectivity index (χ1) is 9.79. The highest BCUT2D eigenvalue weighted by Gasteiger charge is 2.15. The molecule has 0 amide bonds. The van der Waals surface area contributed by atoms with E-state index in [9.17, 15) is 0 Å². The summed E-state index contributed by atoms with van der Waals surface area (Å²) in [6, 6.07) is 6.28. The molecule has 2 rings (SSSR count). The summed E-state index contributed by atoms with van der Waals surface area (Å²) in [4.78, 5) is 4.57. The molecule has 1 aromatic heterocycles. The van der Waals surface area contributed by atoms with Crippen molar-refractivity contribution in [3.8, 4) is 0 Å². The molecule has 0 bridgehead atoms. The van der Waals surface area contributed by atoms with Crippen LogP contribution in [0.25, 0.3) is 0 Å². The lowest BCUT2D eigenvalue weighted by molar-refractivity contribution is 0.842. The predicted octanol–water partition coefficient (Wildman–Crippen LogP) is 5.90. The van der Waals surface area contributed by atoms with Gasteiger partial charge in [-0.15, -0.1) is 0 Å². The molecule has 0 spiro atoms. The molecule has 0 radical (unpaired) electrons. The largest absolute Gasteiger partial charge is 0.377 e. The lowest BCUT2D eigenvalue weighted by atomic mass is 10.00. The second-order valence-corrected chi connectivity index (χ2v) is 6.79. The first kappa shape index (κ1) is 16.3. The molecule has 0 saturated heterocycles. The normalized spacial score (nSPS) is 12.3. The zero-order valence-corrected chi connectivity index (χ0v) is 15.4. The van der Waals surface area contributed by atoms with Crippen LogP contribution in [0.4, 0.5) is 5.69 Å². The fraction of sp³-hybridized carbons (Fsp3) is 0.353. The number of hydrogen-bond donors (Lipinski definition) is 1. The van der Waals surface area contributed by atoms with Gasteiger partial charge >= 0.3 is 0 Å². The van der Waals surface area contributed by atoms with E-state index in [0.717, 1.165) is 32.1 Å². The molecule has 4 heteroatoms. The number of halogens is 2. The zero-order valence-electron chi connectivity index (χ0n) is 13.0. The summed E-state index contributed by atoms with van der Waals surface area (Å²) < 4.78 is 1.02. The van der Waals surface area contributed by atoms with Gasteiger partial charge in [-0.05, 0) is 85.4 Å². The van der Waals surface area contributed by atoms with Crippen LogP contribution in [0, 0.1) is 27.7 Å². The molecule has 1 heterocycles. The quantitative estimate of drug-likeness (QED) is 0.730. The Bertz CT molecular complexity index is 660. The van der Waals surface area contributed by atoms with E-state index in [-0.39, 0.29) is 6.04 Å². The Kier molecular flexibility index (Phi) is 4.95. The molecule has 2 nitrogen and oxygen atoms in total. The van der Waals surface area contributed by atoms with Crippen LogP contribution < -0.4 is 5.32 Å². The first-order valence-corrected chi connectivity index (χ1v) is 8.13. The van der Waals surface area contributed by atoms with E-state index in [4.69, 9.17) is 11.6 Å². The third kappa shape index (κ3) is 3.58. The molecule has 1 unspecified atom stereocenters. The summed E-state index contributed by atoms with van der Waals surface area (Å²) in [5, 5.41) is 4.29. The van der Waals surface area contributed by atoms with Crippen molar-refractivity contribution in [2.75, 3.05) is 5.32 Å². The molecule has 1 aromatic carbocycles. The van der Waals surface area contributed by atoms with E-state index in [2.05, 4.69) is 53.1 Å². The highest BCUT2D eigenvalue weighted by molar-refractivity contribution is 9.10. The van der Waals surface area contributed by atoms with Crippen molar-refractivity contribution in [1.29, 1.82) is 0 Å². The third-order valence-electron chi connectivity index (χ3n) is 3.64. The van der Waals surface area contributed by atoms with Crippen molar-refractivity contribution in [3.63, 3.8) is 0 Å². The average molecular weight is 368 g/mol. The van der Waals surface area contributed by atoms with Gasteiger partial charge in [-0.1, -0.05) is 11.6 Å². The van der Waals surface area contributed by atoms with Gasteiger partial charge in [0, 0.05) is 20.9 Å². The summed E-state index contributed by atoms with van der Waals surface area (Å²) in [6.07, 6.45) is 0. The summed E-state index contributed by atoms with van der Waals surface area (Å²) in [5.74, 6) is 0. The number of nitrogens with one attached hydrogen (secondary N) is 1. The average Bonchev–Trinajstić information content (AvgIpc) is 2.34. The van der Waals surface area contributed by atoms with Crippen molar-refractivity contribution >= 4 is 33.2 Å². The molecule has 1 atom stereocenters. The van der Waals surface area contributed by atoms with Gasteiger partial charge in [-0.2, -0.15) is 0 Å². The maximum Gasteiger partial charge on any atom is 0.0506 e. The van der Waals surface area contributed by atoms with E-state index < -0.39 is 0 Å². The fourth-order valence-corrected chi connectivity index (χ4v) is 3.49. The summed E-state index contributed by atoms with van der Waals surface area (Å²) in [6.45, 7) is 10.4. The van der Waals surface area contributed by atoms with Crippen molar-refractivity contribution in [1.82, 2.24) is 4.98 Å². The number of hydrogen-bond acceptors (Lipinski definition) is 2. The molecular formula is C17H20BrClN2. The molecule has 1 N–H and O–H groups in total. The number of aryl methyl sites for hydroxylation is 4. The summed E-state index contributed by atoms with van der Waals surface area (Å²) in [7, 11) is 0. The number of nitrogens with zero attached hydrogens (tertiary/aromatic N) is 1. The van der Waals surface area contributed by atoms with E-state index in [1.54, 1.807) is 0 Å². The maximum atomic E-state index is 6.23. The first-order valence-electron chi connectivity index (χ1n) is 6.96. The Balaban J connectivity index is 2.35. The molecule has 0 aliphatic rings. The fourth-order valence-electron chi connectivity index (χ4n) is 2.75. The molecule has 0 aliphatic heterocycles. The van der Waals surface area contributed by atoms with Crippen molar-refractivity contribution in [2.45, 2.75) is 40.7 Å². The van der Waals surface area contributed by atoms with Gasteiger partial charge in [-0.25, -0.2) is 0 Å². The van der Waals surface area contributed by atoms with Crippen LogP contribution in [0.3, 0.4) is 0 Å².